The van der Waals surface area contributed by atoms with Gasteiger partial charge < -0.3 is 31.2 Å². The van der Waals surface area contributed by atoms with Crippen LogP contribution in [0, 0.1) is 0 Å². The standard InChI is InChI=1S/2C14H14O3.2C6H6N2O/c2*1-9(14(15)16)10-3-4-12-8-13(17-2)6-5-11(12)7-10;2*7-6(9)5-3-1-2-4-8-5/h2*3-9H,1-2H3,(H,15,16);2*1-4H,(H2,7,9)/t2*9-;;/m00../s1. The van der Waals surface area contributed by atoms with Crippen LogP contribution in [-0.4, -0.2) is 58.2 Å². The fraction of sp³-hybridized carbons (Fsp3) is 0.150. The molecule has 12 heteroatoms. The van der Waals surface area contributed by atoms with Crippen molar-refractivity contribution in [2.45, 2.75) is 25.7 Å². The smallest absolute Gasteiger partial charge is 0.310 e. The summed E-state index contributed by atoms with van der Waals surface area (Å²) >= 11 is 0. The Labute approximate surface area is 300 Å². The van der Waals surface area contributed by atoms with Crippen LogP contribution >= 0.6 is 0 Å². The van der Waals surface area contributed by atoms with E-state index in [0.29, 0.717) is 11.4 Å². The Morgan fingerprint density at radius 1 is 0.538 bits per heavy atom. The van der Waals surface area contributed by atoms with E-state index in [9.17, 15) is 19.2 Å². The monoisotopic (exact) mass is 704 g/mol. The highest BCUT2D eigenvalue weighted by Gasteiger charge is 2.14. The number of nitrogens with two attached hydrogens (primary N) is 2. The number of hydrogen-bond acceptors (Lipinski definition) is 8. The Hall–Kier alpha value is -6.82. The molecule has 52 heavy (non-hydrogen) atoms. The molecule has 4 aromatic carbocycles. The summed E-state index contributed by atoms with van der Waals surface area (Å²) in [4.78, 5) is 50.0. The molecular weight excluding hydrogens is 664 g/mol. The van der Waals surface area contributed by atoms with Gasteiger partial charge in [-0.25, -0.2) is 0 Å². The zero-order chi connectivity index (χ0) is 38.2. The molecule has 2 aromatic heterocycles. The van der Waals surface area contributed by atoms with E-state index in [1.165, 1.54) is 12.4 Å². The second-order valence-corrected chi connectivity index (χ2v) is 11.2. The number of carboxylic acids is 2. The van der Waals surface area contributed by atoms with Crippen molar-refractivity contribution < 1.29 is 38.9 Å². The number of carboxylic acid groups (broad SMARTS) is 2. The second-order valence-electron chi connectivity index (χ2n) is 11.2. The lowest BCUT2D eigenvalue weighted by Gasteiger charge is -2.08. The summed E-state index contributed by atoms with van der Waals surface area (Å²) in [7, 11) is 3.25. The largest absolute Gasteiger partial charge is 0.497 e. The summed E-state index contributed by atoms with van der Waals surface area (Å²) < 4.78 is 10.3. The van der Waals surface area contributed by atoms with Crippen molar-refractivity contribution in [3.05, 3.63) is 144 Å². The summed E-state index contributed by atoms with van der Waals surface area (Å²) in [6.45, 7) is 3.38. The molecule has 2 amide bonds. The van der Waals surface area contributed by atoms with E-state index in [4.69, 9.17) is 31.2 Å². The van der Waals surface area contributed by atoms with Gasteiger partial charge in [0.1, 0.15) is 22.9 Å². The van der Waals surface area contributed by atoms with E-state index < -0.39 is 35.6 Å². The maximum absolute atomic E-state index is 10.9. The molecule has 6 aromatic rings. The summed E-state index contributed by atoms with van der Waals surface area (Å²) in [5.74, 6) is -1.96. The molecule has 6 rings (SSSR count). The van der Waals surface area contributed by atoms with E-state index in [-0.39, 0.29) is 0 Å². The number of amides is 2. The molecule has 2 heterocycles. The number of nitrogens with zero attached hydrogens (tertiary/aromatic N) is 2. The number of aliphatic carboxylic acids is 2. The summed E-state index contributed by atoms with van der Waals surface area (Å²) in [6.07, 6.45) is 3.06. The third-order valence-corrected chi connectivity index (χ3v) is 7.72. The first-order valence-electron chi connectivity index (χ1n) is 15.9. The van der Waals surface area contributed by atoms with Crippen LogP contribution < -0.4 is 20.9 Å². The Bertz CT molecular complexity index is 1970. The van der Waals surface area contributed by atoms with Crippen LogP contribution in [0.3, 0.4) is 0 Å². The van der Waals surface area contributed by atoms with Crippen molar-refractivity contribution in [1.82, 2.24) is 9.97 Å². The molecule has 0 radical (unpaired) electrons. The third kappa shape index (κ3) is 11.7. The Kier molecular flexibility index (Phi) is 14.8. The van der Waals surface area contributed by atoms with Gasteiger partial charge in [-0.15, -0.1) is 0 Å². The van der Waals surface area contributed by atoms with Crippen LogP contribution in [-0.2, 0) is 9.59 Å². The highest BCUT2D eigenvalue weighted by atomic mass is 16.5. The predicted molar refractivity (Wildman–Crippen MR) is 199 cm³/mol. The van der Waals surface area contributed by atoms with Gasteiger partial charge in [0.15, 0.2) is 0 Å². The highest BCUT2D eigenvalue weighted by molar-refractivity contribution is 5.91. The minimum atomic E-state index is -0.808. The van der Waals surface area contributed by atoms with Gasteiger partial charge in [0.2, 0.25) is 0 Å². The summed E-state index contributed by atoms with van der Waals surface area (Å²) in [6, 6.07) is 32.9. The molecule has 0 saturated carbocycles. The molecule has 0 saturated heterocycles. The summed E-state index contributed by atoms with van der Waals surface area (Å²) in [5.41, 5.74) is 12.1. The average Bonchev–Trinajstić information content (AvgIpc) is 3.17. The molecule has 0 unspecified atom stereocenters. The fourth-order valence-corrected chi connectivity index (χ4v) is 4.58. The lowest BCUT2D eigenvalue weighted by molar-refractivity contribution is -0.139. The van der Waals surface area contributed by atoms with Crippen molar-refractivity contribution >= 4 is 45.3 Å². The minimum Gasteiger partial charge on any atom is -0.497 e. The maximum Gasteiger partial charge on any atom is 0.310 e. The number of ether oxygens (including phenoxy) is 2. The van der Waals surface area contributed by atoms with E-state index in [0.717, 1.165) is 44.2 Å². The van der Waals surface area contributed by atoms with Crippen LogP contribution in [0.5, 0.6) is 11.5 Å². The number of carbonyl (C=O) groups excluding carboxylic acids is 2. The van der Waals surface area contributed by atoms with Crippen molar-refractivity contribution in [3.8, 4) is 11.5 Å². The third-order valence-electron chi connectivity index (χ3n) is 7.72. The number of methoxy groups -OCH3 is 2. The minimum absolute atomic E-state index is 0.303. The van der Waals surface area contributed by atoms with Gasteiger partial charge in [-0.1, -0.05) is 60.7 Å². The lowest BCUT2D eigenvalue weighted by atomic mass is 9.98. The van der Waals surface area contributed by atoms with Crippen molar-refractivity contribution in [2.75, 3.05) is 14.2 Å². The number of primary amides is 2. The Morgan fingerprint density at radius 3 is 1.15 bits per heavy atom. The number of rotatable bonds is 8. The molecule has 0 aliphatic heterocycles. The first kappa shape index (κ1) is 39.6. The van der Waals surface area contributed by atoms with Crippen LogP contribution in [0.2, 0.25) is 0 Å². The molecule has 0 aliphatic carbocycles. The van der Waals surface area contributed by atoms with Gasteiger partial charge in [0.05, 0.1) is 26.1 Å². The van der Waals surface area contributed by atoms with E-state index in [1.807, 2.05) is 72.8 Å². The average molecular weight is 705 g/mol. The SMILES string of the molecule is COc1ccc2cc([C@H](C)C(=O)O)ccc2c1.COc1ccc2cc([C@H](C)C(=O)O)ccc2c1.NC(=O)c1ccccn1.NC(=O)c1ccccn1. The molecule has 6 N–H and O–H groups in total. The number of pyridine rings is 2. The molecule has 0 spiro atoms. The van der Waals surface area contributed by atoms with Crippen LogP contribution in [0.4, 0.5) is 0 Å². The van der Waals surface area contributed by atoms with Gasteiger partial charge >= 0.3 is 11.9 Å². The quantitative estimate of drug-likeness (QED) is 0.137. The first-order chi connectivity index (χ1) is 24.8. The van der Waals surface area contributed by atoms with E-state index in [2.05, 4.69) is 9.97 Å². The number of fused-ring (bicyclic) bond motifs is 2. The normalized spacial score (nSPS) is 11.2. The Balaban J connectivity index is 0.000000195. The molecule has 0 fully saturated rings. The van der Waals surface area contributed by atoms with Gasteiger partial charge in [0.25, 0.3) is 11.8 Å². The van der Waals surface area contributed by atoms with Crippen molar-refractivity contribution in [1.29, 1.82) is 0 Å². The molecular formula is C40H40N4O8. The number of carbonyl (C=O) groups is 4. The maximum atomic E-state index is 10.9. The van der Waals surface area contributed by atoms with Crippen LogP contribution in [0.25, 0.3) is 21.5 Å². The van der Waals surface area contributed by atoms with Gasteiger partial charge in [0, 0.05) is 12.4 Å². The van der Waals surface area contributed by atoms with Crippen LogP contribution in [0.15, 0.2) is 122 Å². The number of benzene rings is 4. The highest BCUT2D eigenvalue weighted by Crippen LogP contribution is 2.26. The number of aromatic nitrogens is 2. The fourth-order valence-electron chi connectivity index (χ4n) is 4.58. The molecule has 0 bridgehead atoms. The zero-order valence-corrected chi connectivity index (χ0v) is 29.1. The predicted octanol–water partition coefficient (Wildman–Crippen LogP) is 6.43. The summed E-state index contributed by atoms with van der Waals surface area (Å²) in [5, 5.41) is 22.1. The van der Waals surface area contributed by atoms with E-state index in [1.54, 1.807) is 64.5 Å². The first-order valence-corrected chi connectivity index (χ1v) is 15.9. The molecule has 2 atom stereocenters. The molecule has 268 valence electrons. The zero-order valence-electron chi connectivity index (χ0n) is 29.1. The Morgan fingerprint density at radius 2 is 0.885 bits per heavy atom. The molecule has 0 aliphatic rings. The topological polar surface area (TPSA) is 205 Å². The second kappa shape index (κ2) is 19.4. The number of hydrogen-bond donors (Lipinski definition) is 4. The van der Waals surface area contributed by atoms with Gasteiger partial charge in [-0.05, 0) is 95.1 Å². The van der Waals surface area contributed by atoms with Crippen molar-refractivity contribution in [3.63, 3.8) is 0 Å². The van der Waals surface area contributed by atoms with Gasteiger partial charge in [-0.2, -0.15) is 0 Å². The van der Waals surface area contributed by atoms with Gasteiger partial charge in [-0.3, -0.25) is 29.1 Å². The lowest BCUT2D eigenvalue weighted by Crippen LogP contribution is -2.12. The van der Waals surface area contributed by atoms with E-state index >= 15 is 0 Å². The van der Waals surface area contributed by atoms with Crippen molar-refractivity contribution in [2.24, 2.45) is 11.5 Å². The van der Waals surface area contributed by atoms with Crippen LogP contribution in [0.1, 0.15) is 57.8 Å². The molecule has 12 nitrogen and oxygen atoms in total.